The number of fused-ring (bicyclic) bond motifs is 1. The van der Waals surface area contributed by atoms with Crippen LogP contribution >= 0.6 is 11.8 Å². The number of anilines is 1. The van der Waals surface area contributed by atoms with Crippen molar-refractivity contribution in [2.45, 2.75) is 147 Å². The molecule has 1 fully saturated rings. The highest BCUT2D eigenvalue weighted by atomic mass is 32.2. The van der Waals surface area contributed by atoms with Gasteiger partial charge in [-0.3, -0.25) is 13.9 Å². The number of hydrogen-bond acceptors (Lipinski definition) is 9. The van der Waals surface area contributed by atoms with Gasteiger partial charge in [0.05, 0.1) is 11.4 Å². The zero-order chi connectivity index (χ0) is 41.3. The van der Waals surface area contributed by atoms with Crippen molar-refractivity contribution >= 4 is 56.9 Å². The maximum atomic E-state index is 14.9. The second-order valence-electron chi connectivity index (χ2n) is 16.5. The minimum absolute atomic E-state index is 0.0322. The summed E-state index contributed by atoms with van der Waals surface area (Å²) in [5.74, 6) is -0.0764. The molecular weight excluding hydrogens is 749 g/mol. The highest BCUT2D eigenvalue weighted by Gasteiger charge is 2.55. The van der Waals surface area contributed by atoms with Crippen molar-refractivity contribution in [1.29, 1.82) is 0 Å². The fourth-order valence-corrected chi connectivity index (χ4v) is 9.73. The van der Waals surface area contributed by atoms with Crippen LogP contribution in [0.5, 0.6) is 0 Å². The Labute approximate surface area is 339 Å². The van der Waals surface area contributed by atoms with E-state index in [-0.39, 0.29) is 41.4 Å². The number of carbonyl (C=O) groups excluding carboxylic acids is 3. The number of rotatable bonds is 21. The van der Waals surface area contributed by atoms with Crippen LogP contribution in [0, 0.1) is 11.8 Å². The quantitative estimate of drug-likeness (QED) is 0.0973. The Morgan fingerprint density at radius 1 is 0.964 bits per heavy atom. The van der Waals surface area contributed by atoms with Gasteiger partial charge in [0.2, 0.25) is 0 Å². The molecule has 310 valence electrons. The van der Waals surface area contributed by atoms with Gasteiger partial charge in [0.25, 0.3) is 21.8 Å². The van der Waals surface area contributed by atoms with E-state index in [1.54, 1.807) is 30.0 Å². The highest BCUT2D eigenvalue weighted by molar-refractivity contribution is 7.99. The van der Waals surface area contributed by atoms with Gasteiger partial charge in [-0.05, 0) is 80.2 Å². The number of amides is 3. The number of sulfonamides is 1. The molecule has 4 rings (SSSR count). The van der Waals surface area contributed by atoms with Crippen LogP contribution in [0.1, 0.15) is 126 Å². The van der Waals surface area contributed by atoms with Crippen LogP contribution in [0.15, 0.2) is 57.2 Å². The molecule has 0 spiro atoms. The van der Waals surface area contributed by atoms with Crippen molar-refractivity contribution in [2.75, 3.05) is 30.8 Å². The van der Waals surface area contributed by atoms with E-state index in [1.165, 1.54) is 19.9 Å². The molecule has 0 radical (unpaired) electrons. The first-order chi connectivity index (χ1) is 26.5. The van der Waals surface area contributed by atoms with Crippen LogP contribution in [0.25, 0.3) is 0 Å². The summed E-state index contributed by atoms with van der Waals surface area (Å²) in [6.45, 7) is 18.5. The highest BCUT2D eigenvalue weighted by Crippen LogP contribution is 2.38. The number of carbonyl (C=O) groups is 3. The molecule has 56 heavy (non-hydrogen) atoms. The zero-order valence-corrected chi connectivity index (χ0v) is 36.6. The largest absolute Gasteiger partial charge is 0.433 e. The maximum Gasteiger partial charge on any atom is 0.418 e. The standard InChI is InChI=1S/C43H64N4O7S2/c1-10-14-19-30(12-3)28-53-26-18-25-46-38(44-33-21-16-17-22-36(33)56(46,51)52)37(47-40(49)43(8,9)54-41(47)50)39(48)45-34-27-32(42(5,6)7)23-24-35(34)55-29-31(13-4)20-15-11-2/h16-17,21-24,27,30-31,37H,10-15,18-20,25-26,28-29H2,1-9H3,(H,45,48). The Morgan fingerprint density at radius 2 is 1.62 bits per heavy atom. The number of amidine groups is 1. The number of hydrogen-bond donors (Lipinski definition) is 1. The molecule has 0 aromatic heterocycles. The zero-order valence-electron chi connectivity index (χ0n) is 35.0. The lowest BCUT2D eigenvalue weighted by Crippen LogP contribution is -2.59. The van der Waals surface area contributed by atoms with Crippen LogP contribution in [0.4, 0.5) is 16.2 Å². The van der Waals surface area contributed by atoms with Gasteiger partial charge in [-0.1, -0.05) is 105 Å². The van der Waals surface area contributed by atoms with Gasteiger partial charge in [0, 0.05) is 30.4 Å². The summed E-state index contributed by atoms with van der Waals surface area (Å²) in [5.41, 5.74) is -0.259. The van der Waals surface area contributed by atoms with E-state index in [4.69, 9.17) is 14.5 Å². The first kappa shape index (κ1) is 45.3. The average Bonchev–Trinajstić information content (AvgIpc) is 3.35. The van der Waals surface area contributed by atoms with Gasteiger partial charge >= 0.3 is 6.09 Å². The van der Waals surface area contributed by atoms with Crippen molar-refractivity contribution in [1.82, 2.24) is 9.21 Å². The van der Waals surface area contributed by atoms with Crippen molar-refractivity contribution in [3.8, 4) is 0 Å². The van der Waals surface area contributed by atoms with E-state index < -0.39 is 39.6 Å². The van der Waals surface area contributed by atoms with Crippen LogP contribution in [0.2, 0.25) is 0 Å². The number of imide groups is 1. The molecule has 2 aromatic carbocycles. The fraction of sp³-hybridized carbons (Fsp3) is 0.628. The Bertz CT molecular complexity index is 1820. The van der Waals surface area contributed by atoms with Crippen molar-refractivity contribution in [3.63, 3.8) is 0 Å². The van der Waals surface area contributed by atoms with Crippen molar-refractivity contribution < 1.29 is 32.3 Å². The average molecular weight is 813 g/mol. The van der Waals surface area contributed by atoms with Gasteiger partial charge in [-0.15, -0.1) is 11.8 Å². The van der Waals surface area contributed by atoms with Gasteiger partial charge in [-0.2, -0.15) is 0 Å². The Balaban J connectivity index is 1.78. The number of nitrogens with zero attached hydrogens (tertiary/aromatic N) is 3. The predicted molar refractivity (Wildman–Crippen MR) is 225 cm³/mol. The molecule has 2 heterocycles. The van der Waals surface area contributed by atoms with Crippen LogP contribution in [-0.2, 0) is 34.5 Å². The van der Waals surface area contributed by atoms with E-state index in [0.717, 1.165) is 76.8 Å². The molecule has 0 aliphatic carbocycles. The van der Waals surface area contributed by atoms with Crippen molar-refractivity contribution in [3.05, 3.63) is 48.0 Å². The number of unbranched alkanes of at least 4 members (excludes halogenated alkanes) is 2. The third-order valence-electron chi connectivity index (χ3n) is 10.6. The molecular formula is C43H64N4O7S2. The topological polar surface area (TPSA) is 135 Å². The van der Waals surface area contributed by atoms with E-state index in [2.05, 4.69) is 59.8 Å². The second kappa shape index (κ2) is 19.8. The molecule has 3 unspecified atom stereocenters. The Morgan fingerprint density at radius 3 is 2.23 bits per heavy atom. The SMILES string of the molecule is CCCCC(CC)COCCCN1C(C(C(=O)Nc2cc(C(C)(C)C)ccc2SCC(CC)CCCC)N2C(=O)OC(C)(C)C2=O)=Nc2ccccc2S1(=O)=O. The molecule has 2 aliphatic heterocycles. The summed E-state index contributed by atoms with van der Waals surface area (Å²) < 4.78 is 41.5. The third kappa shape index (κ3) is 10.9. The Kier molecular flexibility index (Phi) is 16.0. The first-order valence-electron chi connectivity index (χ1n) is 20.4. The molecule has 3 amide bonds. The van der Waals surface area contributed by atoms with Crippen LogP contribution < -0.4 is 5.32 Å². The first-order valence-corrected chi connectivity index (χ1v) is 22.8. The number of cyclic esters (lactones) is 1. The summed E-state index contributed by atoms with van der Waals surface area (Å²) in [6.07, 6.45) is 7.88. The van der Waals surface area contributed by atoms with Gasteiger partial charge in [0.15, 0.2) is 17.5 Å². The normalized spacial score (nSPS) is 17.9. The van der Waals surface area contributed by atoms with Crippen LogP contribution in [0.3, 0.4) is 0 Å². The molecule has 13 heteroatoms. The summed E-state index contributed by atoms with van der Waals surface area (Å²) in [6, 6.07) is 10.5. The number of para-hydroxylation sites is 1. The smallest absolute Gasteiger partial charge is 0.418 e. The molecule has 1 saturated heterocycles. The van der Waals surface area contributed by atoms with Gasteiger partial charge in [-0.25, -0.2) is 23.1 Å². The lowest BCUT2D eigenvalue weighted by atomic mass is 9.87. The van der Waals surface area contributed by atoms with Gasteiger partial charge in [0.1, 0.15) is 4.90 Å². The number of nitrogens with one attached hydrogen (secondary N) is 1. The number of thioether (sulfide) groups is 1. The molecule has 2 aromatic rings. The summed E-state index contributed by atoms with van der Waals surface area (Å²) >= 11 is 1.65. The van der Waals surface area contributed by atoms with Gasteiger partial charge < -0.3 is 14.8 Å². The lowest BCUT2D eigenvalue weighted by Gasteiger charge is -2.35. The molecule has 11 nitrogen and oxygen atoms in total. The monoisotopic (exact) mass is 812 g/mol. The molecule has 1 N–H and O–H groups in total. The van der Waals surface area contributed by atoms with E-state index >= 15 is 0 Å². The molecule has 2 aliphatic rings. The number of ether oxygens (including phenoxy) is 2. The molecule has 0 saturated carbocycles. The molecule has 3 atom stereocenters. The summed E-state index contributed by atoms with van der Waals surface area (Å²) in [7, 11) is -4.29. The number of benzene rings is 2. The summed E-state index contributed by atoms with van der Waals surface area (Å²) in [5, 5.41) is 3.05. The van der Waals surface area contributed by atoms with E-state index in [1.807, 2.05) is 12.1 Å². The third-order valence-corrected chi connectivity index (χ3v) is 13.8. The second-order valence-corrected chi connectivity index (χ2v) is 19.4. The van der Waals surface area contributed by atoms with E-state index in [9.17, 15) is 22.8 Å². The Hall–Kier alpha value is -3.42. The van der Waals surface area contributed by atoms with Crippen molar-refractivity contribution in [2.24, 2.45) is 16.8 Å². The van der Waals surface area contributed by atoms with Crippen LogP contribution in [-0.4, -0.2) is 78.5 Å². The number of aliphatic imine (C=N–C) groups is 1. The molecule has 0 bridgehead atoms. The van der Waals surface area contributed by atoms with E-state index in [0.29, 0.717) is 24.1 Å². The minimum Gasteiger partial charge on any atom is -0.433 e. The fourth-order valence-electron chi connectivity index (χ4n) is 6.86. The predicted octanol–water partition coefficient (Wildman–Crippen LogP) is 9.71. The lowest BCUT2D eigenvalue weighted by molar-refractivity contribution is -0.137. The minimum atomic E-state index is -4.29. The summed E-state index contributed by atoms with van der Waals surface area (Å²) in [4.78, 5) is 48.8. The maximum absolute atomic E-state index is 14.9.